The van der Waals surface area contributed by atoms with Gasteiger partial charge in [-0.2, -0.15) is 13.2 Å². The van der Waals surface area contributed by atoms with E-state index >= 15 is 0 Å². The molecule has 3 nitrogen and oxygen atoms in total. The van der Waals surface area contributed by atoms with E-state index in [-0.39, 0.29) is 6.54 Å². The van der Waals surface area contributed by atoms with E-state index in [1.54, 1.807) is 12.1 Å². The quantitative estimate of drug-likeness (QED) is 0.829. The van der Waals surface area contributed by atoms with Crippen molar-refractivity contribution in [2.45, 2.75) is 19.5 Å². The van der Waals surface area contributed by atoms with Gasteiger partial charge in [0.05, 0.1) is 18.5 Å². The third kappa shape index (κ3) is 4.01. The van der Waals surface area contributed by atoms with Crippen LogP contribution in [0, 0.1) is 0 Å². The van der Waals surface area contributed by atoms with Crippen molar-refractivity contribution in [1.82, 2.24) is 0 Å². The second-order valence-electron chi connectivity index (χ2n) is 3.96. The van der Waals surface area contributed by atoms with Crippen molar-refractivity contribution in [3.8, 4) is 5.75 Å². The molecule has 102 valence electrons. The standard InChI is InChI=1S/C12H17F3N2O/c1-3-6-17(8-12(13,14)15)11-7-9(18-2)4-5-10(11)16/h4-5,7H,3,6,8,16H2,1-2H3. The molecule has 0 saturated carbocycles. The van der Waals surface area contributed by atoms with Gasteiger partial charge in [0, 0.05) is 12.6 Å². The Morgan fingerprint density at radius 3 is 2.50 bits per heavy atom. The smallest absolute Gasteiger partial charge is 0.405 e. The van der Waals surface area contributed by atoms with E-state index in [1.165, 1.54) is 18.1 Å². The van der Waals surface area contributed by atoms with Crippen LogP contribution >= 0.6 is 0 Å². The molecule has 0 saturated heterocycles. The third-order valence-corrected chi connectivity index (χ3v) is 2.44. The van der Waals surface area contributed by atoms with Crippen LogP contribution in [0.4, 0.5) is 24.5 Å². The summed E-state index contributed by atoms with van der Waals surface area (Å²) in [5.74, 6) is 0.488. The van der Waals surface area contributed by atoms with Crippen molar-refractivity contribution in [1.29, 1.82) is 0 Å². The number of alkyl halides is 3. The third-order valence-electron chi connectivity index (χ3n) is 2.44. The van der Waals surface area contributed by atoms with Crippen molar-refractivity contribution in [2.75, 3.05) is 30.8 Å². The van der Waals surface area contributed by atoms with Gasteiger partial charge in [0.25, 0.3) is 0 Å². The normalized spacial score (nSPS) is 11.4. The molecule has 0 bridgehead atoms. The predicted octanol–water partition coefficient (Wildman–Crippen LogP) is 3.06. The average molecular weight is 262 g/mol. The maximum Gasteiger partial charge on any atom is 0.405 e. The number of nitrogens with two attached hydrogens (primary N) is 1. The molecule has 0 aliphatic carbocycles. The summed E-state index contributed by atoms with van der Waals surface area (Å²) >= 11 is 0. The van der Waals surface area contributed by atoms with E-state index in [4.69, 9.17) is 10.5 Å². The highest BCUT2D eigenvalue weighted by Crippen LogP contribution is 2.30. The van der Waals surface area contributed by atoms with Crippen LogP contribution in [0.2, 0.25) is 0 Å². The largest absolute Gasteiger partial charge is 0.497 e. The highest BCUT2D eigenvalue weighted by atomic mass is 19.4. The van der Waals surface area contributed by atoms with Crippen molar-refractivity contribution in [3.63, 3.8) is 0 Å². The first kappa shape index (κ1) is 14.5. The number of rotatable bonds is 5. The van der Waals surface area contributed by atoms with Crippen molar-refractivity contribution in [3.05, 3.63) is 18.2 Å². The molecular weight excluding hydrogens is 245 g/mol. The van der Waals surface area contributed by atoms with Crippen LogP contribution in [0.25, 0.3) is 0 Å². The van der Waals surface area contributed by atoms with Crippen LogP contribution in [-0.4, -0.2) is 26.4 Å². The first-order chi connectivity index (χ1) is 8.37. The molecule has 0 amide bonds. The number of hydrogen-bond acceptors (Lipinski definition) is 3. The molecular formula is C12H17F3N2O. The van der Waals surface area contributed by atoms with Gasteiger partial charge in [-0.05, 0) is 18.6 Å². The first-order valence-electron chi connectivity index (χ1n) is 5.62. The Bertz CT molecular complexity index is 393. The number of methoxy groups -OCH3 is 1. The minimum atomic E-state index is -4.26. The topological polar surface area (TPSA) is 38.5 Å². The lowest BCUT2D eigenvalue weighted by Crippen LogP contribution is -2.35. The molecule has 0 aliphatic heterocycles. The number of hydrogen-bond donors (Lipinski definition) is 1. The fourth-order valence-electron chi connectivity index (χ4n) is 1.70. The van der Waals surface area contributed by atoms with E-state index in [0.717, 1.165) is 0 Å². The molecule has 0 fully saturated rings. The summed E-state index contributed by atoms with van der Waals surface area (Å²) in [6.07, 6.45) is -3.66. The van der Waals surface area contributed by atoms with Crippen molar-refractivity contribution < 1.29 is 17.9 Å². The summed E-state index contributed by atoms with van der Waals surface area (Å²) in [5.41, 5.74) is 6.40. The van der Waals surface area contributed by atoms with Gasteiger partial charge < -0.3 is 15.4 Å². The molecule has 0 heterocycles. The van der Waals surface area contributed by atoms with E-state index in [1.807, 2.05) is 6.92 Å². The van der Waals surface area contributed by atoms with Crippen LogP contribution in [0.15, 0.2) is 18.2 Å². The number of halogens is 3. The fourth-order valence-corrected chi connectivity index (χ4v) is 1.70. The van der Waals surface area contributed by atoms with Crippen molar-refractivity contribution >= 4 is 11.4 Å². The molecule has 0 radical (unpaired) electrons. The Labute approximate surface area is 104 Å². The Morgan fingerprint density at radius 2 is 2.00 bits per heavy atom. The van der Waals surface area contributed by atoms with Crippen LogP contribution < -0.4 is 15.4 Å². The molecule has 1 aromatic carbocycles. The van der Waals surface area contributed by atoms with E-state index in [2.05, 4.69) is 0 Å². The minimum absolute atomic E-state index is 0.289. The molecule has 1 rings (SSSR count). The second kappa shape index (κ2) is 5.84. The summed E-state index contributed by atoms with van der Waals surface area (Å²) in [5, 5.41) is 0. The summed E-state index contributed by atoms with van der Waals surface area (Å²) in [6, 6.07) is 4.69. The minimum Gasteiger partial charge on any atom is -0.497 e. The van der Waals surface area contributed by atoms with Gasteiger partial charge in [0.2, 0.25) is 0 Å². The lowest BCUT2D eigenvalue weighted by Gasteiger charge is -2.27. The highest BCUT2D eigenvalue weighted by molar-refractivity contribution is 5.69. The lowest BCUT2D eigenvalue weighted by atomic mass is 10.2. The Hall–Kier alpha value is -1.59. The molecule has 1 aromatic rings. The monoisotopic (exact) mass is 262 g/mol. The van der Waals surface area contributed by atoms with Gasteiger partial charge >= 0.3 is 6.18 Å². The lowest BCUT2D eigenvalue weighted by molar-refractivity contribution is -0.119. The van der Waals surface area contributed by atoms with Gasteiger partial charge in [0.1, 0.15) is 12.3 Å². The summed E-state index contributed by atoms with van der Waals surface area (Å²) < 4.78 is 42.6. The summed E-state index contributed by atoms with van der Waals surface area (Å²) in [4.78, 5) is 1.22. The van der Waals surface area contributed by atoms with Gasteiger partial charge in [-0.1, -0.05) is 6.92 Å². The maximum atomic E-state index is 12.5. The first-order valence-corrected chi connectivity index (χ1v) is 5.62. The van der Waals surface area contributed by atoms with Crippen molar-refractivity contribution in [2.24, 2.45) is 0 Å². The van der Waals surface area contributed by atoms with Gasteiger partial charge in [-0.25, -0.2) is 0 Å². The molecule has 0 spiro atoms. The Morgan fingerprint density at radius 1 is 1.33 bits per heavy atom. The van der Waals surface area contributed by atoms with Crippen LogP contribution in [0.1, 0.15) is 13.3 Å². The van der Waals surface area contributed by atoms with Crippen LogP contribution in [0.3, 0.4) is 0 Å². The molecule has 0 atom stereocenters. The van der Waals surface area contributed by atoms with Crippen LogP contribution in [-0.2, 0) is 0 Å². The summed E-state index contributed by atoms with van der Waals surface area (Å²) in [7, 11) is 1.46. The zero-order valence-electron chi connectivity index (χ0n) is 10.4. The highest BCUT2D eigenvalue weighted by Gasteiger charge is 2.31. The van der Waals surface area contributed by atoms with Gasteiger partial charge in [-0.15, -0.1) is 0 Å². The molecule has 18 heavy (non-hydrogen) atoms. The average Bonchev–Trinajstić information content (AvgIpc) is 2.27. The molecule has 0 aliphatic rings. The zero-order chi connectivity index (χ0) is 13.8. The molecule has 0 aromatic heterocycles. The Balaban J connectivity index is 3.04. The molecule has 2 N–H and O–H groups in total. The SMILES string of the molecule is CCCN(CC(F)(F)F)c1cc(OC)ccc1N. The number of ether oxygens (including phenoxy) is 1. The van der Waals surface area contributed by atoms with Gasteiger partial charge in [-0.3, -0.25) is 0 Å². The summed E-state index contributed by atoms with van der Waals surface area (Å²) in [6.45, 7) is 1.09. The fraction of sp³-hybridized carbons (Fsp3) is 0.500. The van der Waals surface area contributed by atoms with E-state index in [0.29, 0.717) is 23.5 Å². The maximum absolute atomic E-state index is 12.5. The Kier molecular flexibility index (Phi) is 4.69. The molecule has 6 heteroatoms. The van der Waals surface area contributed by atoms with Gasteiger partial charge in [0.15, 0.2) is 0 Å². The number of nitrogens with zero attached hydrogens (tertiary/aromatic N) is 1. The van der Waals surface area contributed by atoms with E-state index in [9.17, 15) is 13.2 Å². The number of benzene rings is 1. The van der Waals surface area contributed by atoms with Crippen LogP contribution in [0.5, 0.6) is 5.75 Å². The predicted molar refractivity (Wildman–Crippen MR) is 66.0 cm³/mol. The second-order valence-corrected chi connectivity index (χ2v) is 3.96. The number of anilines is 2. The zero-order valence-corrected chi connectivity index (χ0v) is 10.4. The number of nitrogen functional groups attached to an aromatic ring is 1. The molecule has 0 unspecified atom stereocenters. The van der Waals surface area contributed by atoms with E-state index < -0.39 is 12.7 Å².